The molecule has 1 fully saturated rings. The van der Waals surface area contributed by atoms with Crippen molar-refractivity contribution >= 4 is 0 Å². The average Bonchev–Trinajstić information content (AvgIpc) is 2.30. The van der Waals surface area contributed by atoms with Gasteiger partial charge in [-0.2, -0.15) is 0 Å². The summed E-state index contributed by atoms with van der Waals surface area (Å²) in [5.74, 6) is 1.51. The minimum Gasteiger partial charge on any atom is -0.380 e. The highest BCUT2D eigenvalue weighted by Gasteiger charge is 2.28. The molecule has 2 unspecified atom stereocenters. The van der Waals surface area contributed by atoms with E-state index in [1.165, 1.54) is 12.8 Å². The number of rotatable bonds is 7. The van der Waals surface area contributed by atoms with E-state index in [1.54, 1.807) is 0 Å². The van der Waals surface area contributed by atoms with E-state index in [1.807, 2.05) is 0 Å². The maximum absolute atomic E-state index is 6.27. The summed E-state index contributed by atoms with van der Waals surface area (Å²) in [5.41, 5.74) is 6.27. The van der Waals surface area contributed by atoms with Gasteiger partial charge in [-0.15, -0.1) is 0 Å². The van der Waals surface area contributed by atoms with Crippen molar-refractivity contribution in [3.8, 4) is 0 Å². The molecule has 0 saturated carbocycles. The Balaban J connectivity index is 2.50. The van der Waals surface area contributed by atoms with Crippen LogP contribution >= 0.6 is 0 Å². The van der Waals surface area contributed by atoms with E-state index < -0.39 is 0 Å². The van der Waals surface area contributed by atoms with Gasteiger partial charge < -0.3 is 10.5 Å². The van der Waals surface area contributed by atoms with Gasteiger partial charge in [-0.3, -0.25) is 4.90 Å². The molecule has 0 aromatic carbocycles. The summed E-state index contributed by atoms with van der Waals surface area (Å²) in [6.45, 7) is 13.1. The Kier molecular flexibility index (Phi) is 7.20. The molecule has 0 spiro atoms. The molecule has 1 saturated heterocycles. The van der Waals surface area contributed by atoms with Gasteiger partial charge in [0.2, 0.25) is 0 Å². The van der Waals surface area contributed by atoms with Crippen molar-refractivity contribution in [3.63, 3.8) is 0 Å². The molecule has 0 aliphatic carbocycles. The Morgan fingerprint density at radius 3 is 2.11 bits per heavy atom. The lowest BCUT2D eigenvalue weighted by molar-refractivity contribution is 0.00275. The molecule has 0 aromatic heterocycles. The lowest BCUT2D eigenvalue weighted by Crippen LogP contribution is -2.54. The van der Waals surface area contributed by atoms with Crippen molar-refractivity contribution in [2.75, 3.05) is 26.3 Å². The Labute approximate surface area is 113 Å². The van der Waals surface area contributed by atoms with Crippen LogP contribution in [0.2, 0.25) is 0 Å². The quantitative estimate of drug-likeness (QED) is 0.760. The predicted octanol–water partition coefficient (Wildman–Crippen LogP) is 2.50. The van der Waals surface area contributed by atoms with Crippen LogP contribution in [-0.2, 0) is 4.74 Å². The largest absolute Gasteiger partial charge is 0.380 e. The van der Waals surface area contributed by atoms with Crippen LogP contribution in [0.4, 0.5) is 0 Å². The van der Waals surface area contributed by atoms with Gasteiger partial charge in [0.05, 0.1) is 6.61 Å². The fourth-order valence-electron chi connectivity index (χ4n) is 2.41. The predicted molar refractivity (Wildman–Crippen MR) is 77.7 cm³/mol. The maximum atomic E-state index is 6.27. The molecule has 2 atom stereocenters. The summed E-state index contributed by atoms with van der Waals surface area (Å²) in [6.07, 6.45) is 3.51. The highest BCUT2D eigenvalue weighted by molar-refractivity contribution is 4.85. The Morgan fingerprint density at radius 2 is 1.67 bits per heavy atom. The van der Waals surface area contributed by atoms with E-state index in [-0.39, 0.29) is 6.04 Å². The second kappa shape index (κ2) is 8.13. The fraction of sp³-hybridized carbons (Fsp3) is 1.00. The minimum atomic E-state index is 0.290. The number of hydrogen-bond donors (Lipinski definition) is 1. The third-order valence-corrected chi connectivity index (χ3v) is 3.83. The molecular formula is C15H32N2O. The van der Waals surface area contributed by atoms with E-state index in [0.717, 1.165) is 44.6 Å². The minimum absolute atomic E-state index is 0.290. The molecule has 0 amide bonds. The van der Waals surface area contributed by atoms with E-state index >= 15 is 0 Å². The molecule has 2 N–H and O–H groups in total. The smallest absolute Gasteiger partial charge is 0.0636 e. The van der Waals surface area contributed by atoms with Gasteiger partial charge in [0.15, 0.2) is 0 Å². The van der Waals surface area contributed by atoms with Crippen LogP contribution in [0, 0.1) is 11.8 Å². The number of ether oxygens (including phenoxy) is 1. The summed E-state index contributed by atoms with van der Waals surface area (Å²) < 4.78 is 5.63. The van der Waals surface area contributed by atoms with Crippen LogP contribution in [0.1, 0.15) is 47.0 Å². The van der Waals surface area contributed by atoms with Crippen molar-refractivity contribution in [3.05, 3.63) is 0 Å². The third-order valence-electron chi connectivity index (χ3n) is 3.83. The van der Waals surface area contributed by atoms with Gasteiger partial charge in [-0.1, -0.05) is 27.7 Å². The van der Waals surface area contributed by atoms with Crippen LogP contribution in [0.25, 0.3) is 0 Å². The zero-order chi connectivity index (χ0) is 13.5. The number of hydrogen-bond acceptors (Lipinski definition) is 3. The lowest BCUT2D eigenvalue weighted by Gasteiger charge is -2.38. The second-order valence-corrected chi connectivity index (χ2v) is 6.50. The summed E-state index contributed by atoms with van der Waals surface area (Å²) in [6, 6.07) is 0.717. The summed E-state index contributed by atoms with van der Waals surface area (Å²) >= 11 is 0. The first-order valence-electron chi connectivity index (χ1n) is 7.58. The molecule has 1 rings (SSSR count). The van der Waals surface area contributed by atoms with E-state index in [0.29, 0.717) is 6.04 Å². The van der Waals surface area contributed by atoms with Gasteiger partial charge in [-0.25, -0.2) is 0 Å². The first-order chi connectivity index (χ1) is 8.50. The zero-order valence-electron chi connectivity index (χ0n) is 12.7. The SMILES string of the molecule is CC(C)CCN(CCC(C)C)C1COCCC1N. The molecule has 1 aliphatic rings. The molecule has 0 aromatic rings. The van der Waals surface area contributed by atoms with Gasteiger partial charge in [0, 0.05) is 18.7 Å². The molecule has 1 heterocycles. The molecule has 0 radical (unpaired) electrons. The van der Waals surface area contributed by atoms with Crippen molar-refractivity contribution < 1.29 is 4.74 Å². The number of nitrogens with two attached hydrogens (primary N) is 1. The van der Waals surface area contributed by atoms with Crippen LogP contribution in [-0.4, -0.2) is 43.3 Å². The number of nitrogens with zero attached hydrogens (tertiary/aromatic N) is 1. The summed E-state index contributed by atoms with van der Waals surface area (Å²) in [5, 5.41) is 0. The topological polar surface area (TPSA) is 38.5 Å². The standard InChI is InChI=1S/C15H32N2O/c1-12(2)5-8-17(9-6-13(3)4)15-11-18-10-7-14(15)16/h12-15H,5-11,16H2,1-4H3. The molecule has 3 nitrogen and oxygen atoms in total. The van der Waals surface area contributed by atoms with Crippen molar-refractivity contribution in [1.82, 2.24) is 4.90 Å². The average molecular weight is 256 g/mol. The van der Waals surface area contributed by atoms with Gasteiger partial charge in [0.25, 0.3) is 0 Å². The van der Waals surface area contributed by atoms with Crippen molar-refractivity contribution in [2.45, 2.75) is 59.0 Å². The van der Waals surface area contributed by atoms with Crippen LogP contribution < -0.4 is 5.73 Å². The van der Waals surface area contributed by atoms with Gasteiger partial charge in [0.1, 0.15) is 0 Å². The van der Waals surface area contributed by atoms with E-state index in [2.05, 4.69) is 32.6 Å². The van der Waals surface area contributed by atoms with Gasteiger partial charge >= 0.3 is 0 Å². The van der Waals surface area contributed by atoms with Gasteiger partial charge in [-0.05, 0) is 44.2 Å². The first kappa shape index (κ1) is 15.9. The Morgan fingerprint density at radius 1 is 1.11 bits per heavy atom. The lowest BCUT2D eigenvalue weighted by atomic mass is 10.00. The molecule has 0 bridgehead atoms. The first-order valence-corrected chi connectivity index (χ1v) is 7.58. The molecule has 1 aliphatic heterocycles. The maximum Gasteiger partial charge on any atom is 0.0636 e. The normalized spacial score (nSPS) is 25.3. The van der Waals surface area contributed by atoms with E-state index in [4.69, 9.17) is 10.5 Å². The van der Waals surface area contributed by atoms with Crippen molar-refractivity contribution in [2.24, 2.45) is 17.6 Å². The summed E-state index contributed by atoms with van der Waals surface area (Å²) in [4.78, 5) is 2.57. The van der Waals surface area contributed by atoms with Crippen molar-refractivity contribution in [1.29, 1.82) is 0 Å². The highest BCUT2D eigenvalue weighted by atomic mass is 16.5. The van der Waals surface area contributed by atoms with Crippen LogP contribution in [0.3, 0.4) is 0 Å². The second-order valence-electron chi connectivity index (χ2n) is 6.50. The van der Waals surface area contributed by atoms with Crippen LogP contribution in [0.15, 0.2) is 0 Å². The molecular weight excluding hydrogens is 224 g/mol. The molecule has 108 valence electrons. The molecule has 3 heteroatoms. The highest BCUT2D eigenvalue weighted by Crippen LogP contribution is 2.16. The Bertz CT molecular complexity index is 207. The van der Waals surface area contributed by atoms with E-state index in [9.17, 15) is 0 Å². The summed E-state index contributed by atoms with van der Waals surface area (Å²) in [7, 11) is 0. The third kappa shape index (κ3) is 5.68. The Hall–Kier alpha value is -0.120. The van der Waals surface area contributed by atoms with Crippen LogP contribution in [0.5, 0.6) is 0 Å². The zero-order valence-corrected chi connectivity index (χ0v) is 12.7. The fourth-order valence-corrected chi connectivity index (χ4v) is 2.41. The monoisotopic (exact) mass is 256 g/mol. The molecule has 18 heavy (non-hydrogen) atoms.